The van der Waals surface area contributed by atoms with Crippen LogP contribution < -0.4 is 16.4 Å². The Morgan fingerprint density at radius 3 is 1.44 bits per heavy atom. The van der Waals surface area contributed by atoms with Gasteiger partial charge in [-0.05, 0) is 78.5 Å². The molecule has 0 saturated heterocycles. The summed E-state index contributed by atoms with van der Waals surface area (Å²) in [5.41, 5.74) is 5.79. The van der Waals surface area contributed by atoms with Crippen molar-refractivity contribution in [1.82, 2.24) is 10.6 Å². The highest BCUT2D eigenvalue weighted by Crippen LogP contribution is 2.18. The quantitative estimate of drug-likeness (QED) is 0.0319. The van der Waals surface area contributed by atoms with E-state index < -0.39 is 47.2 Å². The van der Waals surface area contributed by atoms with Gasteiger partial charge in [0.05, 0.1) is 6.04 Å². The van der Waals surface area contributed by atoms with Crippen LogP contribution in [-0.4, -0.2) is 83.2 Å². The van der Waals surface area contributed by atoms with Gasteiger partial charge in [0, 0.05) is 42.9 Å². The van der Waals surface area contributed by atoms with Crippen molar-refractivity contribution in [2.24, 2.45) is 5.73 Å². The van der Waals surface area contributed by atoms with E-state index in [1.54, 1.807) is 65.8 Å². The van der Waals surface area contributed by atoms with Gasteiger partial charge in [0.2, 0.25) is 5.91 Å². The predicted molar refractivity (Wildman–Crippen MR) is 297 cm³/mol. The third kappa shape index (κ3) is 39.4. The minimum Gasteiger partial charge on any atom is -0.462 e. The number of unbranched alkanes of at least 4 members (excludes halogenated alkanes) is 24. The summed E-state index contributed by atoms with van der Waals surface area (Å²) < 4.78 is 22.4. The van der Waals surface area contributed by atoms with Gasteiger partial charge in [-0.2, -0.15) is 11.8 Å². The average molecular weight is 1050 g/mol. The smallest absolute Gasteiger partial charge is 0.329 e. The van der Waals surface area contributed by atoms with Gasteiger partial charge >= 0.3 is 23.9 Å². The normalized spacial score (nSPS) is 12.9. The zero-order chi connectivity index (χ0) is 54.2. The summed E-state index contributed by atoms with van der Waals surface area (Å²) in [4.78, 5) is 77.4. The molecule has 2 amide bonds. The summed E-state index contributed by atoms with van der Waals surface area (Å²) in [7, 11) is 0. The first-order chi connectivity index (χ1) is 34.8. The number of esters is 4. The van der Waals surface area contributed by atoms with E-state index in [1.165, 1.54) is 140 Å². The number of nitrogens with one attached hydrogen (secondary N) is 2. The second-order valence-electron chi connectivity index (χ2n) is 22.0. The summed E-state index contributed by atoms with van der Waals surface area (Å²) in [5.74, 6) is -2.10. The molecule has 0 aromatic heterocycles. The maximum atomic E-state index is 13.2. The Morgan fingerprint density at radius 1 is 0.548 bits per heavy atom. The van der Waals surface area contributed by atoms with E-state index in [1.807, 2.05) is 0 Å². The Hall–Kier alpha value is -3.65. The van der Waals surface area contributed by atoms with Crippen LogP contribution in [0.2, 0.25) is 0 Å². The maximum Gasteiger partial charge on any atom is 0.329 e. The van der Waals surface area contributed by atoms with Crippen LogP contribution in [0.1, 0.15) is 264 Å². The molecule has 3 atom stereocenters. The lowest BCUT2D eigenvalue weighted by atomic mass is 10.0. The highest BCUT2D eigenvalue weighted by Gasteiger charge is 2.29. The molecule has 1 aromatic carbocycles. The fourth-order valence-corrected chi connectivity index (χ4v) is 9.18. The van der Waals surface area contributed by atoms with Gasteiger partial charge in [-0.3, -0.25) is 24.0 Å². The van der Waals surface area contributed by atoms with Crippen LogP contribution >= 0.6 is 11.8 Å². The summed E-state index contributed by atoms with van der Waals surface area (Å²) in [6.45, 7) is 15.0. The van der Waals surface area contributed by atoms with Gasteiger partial charge < -0.3 is 35.3 Å². The molecule has 0 saturated carbocycles. The van der Waals surface area contributed by atoms with E-state index in [9.17, 15) is 28.8 Å². The van der Waals surface area contributed by atoms with Crippen molar-refractivity contribution < 1.29 is 47.7 Å². The molecular weight excluding hydrogens is 943 g/mol. The maximum absolute atomic E-state index is 13.2. The fraction of sp³-hybridized carbons (Fsp3) is 0.797. The van der Waals surface area contributed by atoms with Crippen molar-refractivity contribution in [1.29, 1.82) is 0 Å². The SMILES string of the molecule is CCCCCCCCCCCCCCCC(=O)OCC(CSCC(N)C(=O)NCc1ccc(C(=O)N[C@@H](CCC(=O)OC(C)(C)C)C(=O)OC(C)(C)C)cc1)OC(=O)CCCCCCCCCCCCCCC. The Kier molecular flexibility index (Phi) is 38.4. The molecule has 4 N–H and O–H groups in total. The fourth-order valence-electron chi connectivity index (χ4n) is 8.21. The molecule has 1 rings (SSSR count). The first-order valence-electron chi connectivity index (χ1n) is 28.6. The van der Waals surface area contributed by atoms with E-state index >= 15 is 0 Å². The molecule has 0 bridgehead atoms. The van der Waals surface area contributed by atoms with E-state index in [-0.39, 0.29) is 55.2 Å². The molecule has 0 fully saturated rings. The van der Waals surface area contributed by atoms with Crippen molar-refractivity contribution in [3.8, 4) is 0 Å². The summed E-state index contributed by atoms with van der Waals surface area (Å²) in [6, 6.07) is 4.60. The van der Waals surface area contributed by atoms with Crippen LogP contribution in [0.3, 0.4) is 0 Å². The highest BCUT2D eigenvalue weighted by atomic mass is 32.2. The minimum atomic E-state index is -1.08. The van der Waals surface area contributed by atoms with Crippen LogP contribution in [0.5, 0.6) is 0 Å². The molecule has 0 radical (unpaired) electrons. The minimum absolute atomic E-state index is 0.00339. The van der Waals surface area contributed by atoms with E-state index in [0.717, 1.165) is 44.1 Å². The summed E-state index contributed by atoms with van der Waals surface area (Å²) in [6.07, 6.45) is 31.6. The molecule has 0 aliphatic rings. The molecular formula is C59H103N3O10S. The number of amides is 2. The Labute approximate surface area is 447 Å². The van der Waals surface area contributed by atoms with Gasteiger partial charge in [0.1, 0.15) is 30.0 Å². The lowest BCUT2D eigenvalue weighted by Crippen LogP contribution is -2.44. The second kappa shape index (κ2) is 41.6. The first-order valence-corrected chi connectivity index (χ1v) is 29.8. The monoisotopic (exact) mass is 1050 g/mol. The molecule has 2 unspecified atom stereocenters. The van der Waals surface area contributed by atoms with E-state index in [2.05, 4.69) is 24.5 Å². The van der Waals surface area contributed by atoms with Crippen molar-refractivity contribution >= 4 is 47.5 Å². The number of rotatable bonds is 44. The van der Waals surface area contributed by atoms with Gasteiger partial charge in [-0.25, -0.2) is 4.79 Å². The van der Waals surface area contributed by atoms with Gasteiger partial charge in [0.15, 0.2) is 0 Å². The summed E-state index contributed by atoms with van der Waals surface area (Å²) >= 11 is 1.36. The van der Waals surface area contributed by atoms with Crippen molar-refractivity contribution in [3.63, 3.8) is 0 Å². The highest BCUT2D eigenvalue weighted by molar-refractivity contribution is 7.99. The number of benzene rings is 1. The molecule has 0 spiro atoms. The van der Waals surface area contributed by atoms with E-state index in [4.69, 9.17) is 24.7 Å². The molecule has 73 heavy (non-hydrogen) atoms. The Balaban J connectivity index is 2.65. The van der Waals surface area contributed by atoms with Gasteiger partial charge in [-0.15, -0.1) is 0 Å². The molecule has 0 aliphatic carbocycles. The topological polar surface area (TPSA) is 189 Å². The van der Waals surface area contributed by atoms with Crippen molar-refractivity contribution in [2.45, 2.75) is 284 Å². The number of thioether (sulfide) groups is 1. The van der Waals surface area contributed by atoms with E-state index in [0.29, 0.717) is 18.6 Å². The van der Waals surface area contributed by atoms with Crippen molar-refractivity contribution in [2.75, 3.05) is 18.1 Å². The number of nitrogens with two attached hydrogens (primary N) is 1. The van der Waals surface area contributed by atoms with Gasteiger partial charge in [-0.1, -0.05) is 180 Å². The van der Waals surface area contributed by atoms with Crippen LogP contribution in [0.4, 0.5) is 0 Å². The van der Waals surface area contributed by atoms with Crippen LogP contribution in [-0.2, 0) is 49.5 Å². The largest absolute Gasteiger partial charge is 0.462 e. The second-order valence-corrected chi connectivity index (χ2v) is 23.1. The number of hydrogen-bond donors (Lipinski definition) is 3. The van der Waals surface area contributed by atoms with Crippen LogP contribution in [0, 0.1) is 0 Å². The molecule has 0 aliphatic heterocycles. The molecule has 420 valence electrons. The zero-order valence-electron chi connectivity index (χ0n) is 47.2. The van der Waals surface area contributed by atoms with Crippen LogP contribution in [0.25, 0.3) is 0 Å². The Morgan fingerprint density at radius 2 is 0.986 bits per heavy atom. The number of ether oxygens (including phenoxy) is 4. The zero-order valence-corrected chi connectivity index (χ0v) is 48.0. The third-order valence-corrected chi connectivity index (χ3v) is 13.6. The summed E-state index contributed by atoms with van der Waals surface area (Å²) in [5, 5.41) is 5.54. The lowest BCUT2D eigenvalue weighted by Gasteiger charge is -2.25. The lowest BCUT2D eigenvalue weighted by molar-refractivity contribution is -0.158. The molecule has 0 heterocycles. The molecule has 13 nitrogen and oxygen atoms in total. The molecule has 14 heteroatoms. The standard InChI is InChI=1S/C59H103N3O10S/c1-9-11-13-15-17-19-21-23-25-27-29-31-33-35-52(63)69-44-49(70-53(64)36-34-32-30-28-26-24-22-20-18-16-14-12-10-2)45-73-46-50(60)56(67)61-43-47-37-39-48(40-38-47)55(66)62-51(57(68)72-59(6,7)8)41-42-54(65)71-58(3,4)5/h37-40,49-51H,9-36,41-46,60H2,1-8H3,(H,61,67)(H,62,66)/t49?,50?,51-/m0/s1. The van der Waals surface area contributed by atoms with Gasteiger partial charge in [0.25, 0.3) is 5.91 Å². The Bertz CT molecular complexity index is 1640. The number of carbonyl (C=O) groups excluding carboxylic acids is 6. The number of carbonyl (C=O) groups is 6. The number of hydrogen-bond acceptors (Lipinski definition) is 12. The average Bonchev–Trinajstić information content (AvgIpc) is 3.33. The van der Waals surface area contributed by atoms with Crippen LogP contribution in [0.15, 0.2) is 24.3 Å². The first kappa shape index (κ1) is 67.4. The van der Waals surface area contributed by atoms with Crippen molar-refractivity contribution in [3.05, 3.63) is 35.4 Å². The molecule has 1 aromatic rings. The third-order valence-electron chi connectivity index (χ3n) is 12.4. The predicted octanol–water partition coefficient (Wildman–Crippen LogP) is 13.3.